The van der Waals surface area contributed by atoms with E-state index in [0.717, 1.165) is 10.9 Å². The number of rotatable bonds is 17. The lowest BCUT2D eigenvalue weighted by atomic mass is 10.0. The smallest absolute Gasteiger partial charge is 0.326 e. The van der Waals surface area contributed by atoms with Gasteiger partial charge < -0.3 is 43.2 Å². The first-order chi connectivity index (χ1) is 18.6. The van der Waals surface area contributed by atoms with Gasteiger partial charge in [-0.15, -0.1) is 0 Å². The van der Waals surface area contributed by atoms with Crippen LogP contribution in [0.5, 0.6) is 0 Å². The summed E-state index contributed by atoms with van der Waals surface area (Å²) in [5.41, 5.74) is 18.0. The Kier molecular flexibility index (Phi) is 12.7. The Morgan fingerprint density at radius 3 is 2.15 bits per heavy atom. The normalized spacial score (nSPS) is 14.1. The number of nitrogens with two attached hydrogens (primary N) is 3. The third kappa shape index (κ3) is 9.89. The predicted octanol–water partition coefficient (Wildman–Crippen LogP) is -1.10. The topological polar surface area (TPSA) is 236 Å². The van der Waals surface area contributed by atoms with E-state index in [-0.39, 0.29) is 31.4 Å². The monoisotopic (exact) mass is 563 g/mol. The Morgan fingerprint density at radius 1 is 0.923 bits per heavy atom. The number of carbonyl (C=O) groups is 5. The van der Waals surface area contributed by atoms with Crippen LogP contribution in [0.25, 0.3) is 10.9 Å². The number of hydrogen-bond donors (Lipinski definition) is 9. The standard InChI is InChI=1S/C25H37N7O6S/c26-10-4-3-7-18(30-22(34)16(27)13-39)23(35)31-19(8-9-21(28)33)24(36)32-20(25(37)38)11-14-12-29-17-6-2-1-5-15(14)17/h1-2,5-6,12,16,18-20,29,39H,3-4,7-11,13,26-27H2,(H2,28,33)(H,30,34)(H,31,35)(H,32,36)(H,37,38). The van der Waals surface area contributed by atoms with Crippen molar-refractivity contribution in [3.05, 3.63) is 36.0 Å². The van der Waals surface area contributed by atoms with E-state index >= 15 is 0 Å². The molecule has 2 aromatic rings. The average molecular weight is 564 g/mol. The van der Waals surface area contributed by atoms with Crippen LogP contribution in [-0.2, 0) is 30.4 Å². The van der Waals surface area contributed by atoms with Gasteiger partial charge in [0, 0.05) is 35.7 Å². The first-order valence-corrected chi connectivity index (χ1v) is 13.2. The molecule has 4 unspecified atom stereocenters. The summed E-state index contributed by atoms with van der Waals surface area (Å²) >= 11 is 3.99. The molecule has 0 radical (unpaired) electrons. The van der Waals surface area contributed by atoms with E-state index in [1.165, 1.54) is 0 Å². The molecule has 0 aliphatic heterocycles. The summed E-state index contributed by atoms with van der Waals surface area (Å²) in [5.74, 6) is -4.03. The van der Waals surface area contributed by atoms with Crippen molar-refractivity contribution in [3.8, 4) is 0 Å². The number of amides is 4. The molecule has 4 amide bonds. The van der Waals surface area contributed by atoms with Gasteiger partial charge >= 0.3 is 5.97 Å². The molecule has 0 saturated heterocycles. The quantitative estimate of drug-likeness (QED) is 0.0844. The summed E-state index contributed by atoms with van der Waals surface area (Å²) in [7, 11) is 0. The first kappa shape index (κ1) is 31.6. The van der Waals surface area contributed by atoms with Crippen LogP contribution in [0.1, 0.15) is 37.7 Å². The van der Waals surface area contributed by atoms with Crippen LogP contribution in [0.3, 0.4) is 0 Å². The van der Waals surface area contributed by atoms with Crippen LogP contribution in [0.2, 0.25) is 0 Å². The van der Waals surface area contributed by atoms with Crippen LogP contribution < -0.4 is 33.2 Å². The third-order valence-electron chi connectivity index (χ3n) is 6.14. The van der Waals surface area contributed by atoms with Gasteiger partial charge in [0.05, 0.1) is 6.04 Å². The fourth-order valence-corrected chi connectivity index (χ4v) is 4.11. The second-order valence-corrected chi connectivity index (χ2v) is 9.53. The molecule has 14 heteroatoms. The van der Waals surface area contributed by atoms with E-state index in [0.29, 0.717) is 24.9 Å². The lowest BCUT2D eigenvalue weighted by Gasteiger charge is -2.25. The summed E-state index contributed by atoms with van der Waals surface area (Å²) in [4.78, 5) is 65.1. The minimum absolute atomic E-state index is 0.0268. The van der Waals surface area contributed by atoms with E-state index in [2.05, 4.69) is 33.6 Å². The highest BCUT2D eigenvalue weighted by molar-refractivity contribution is 7.80. The molecule has 0 fully saturated rings. The van der Waals surface area contributed by atoms with Crippen LogP contribution in [0, 0.1) is 0 Å². The minimum atomic E-state index is -1.32. The molecule has 0 spiro atoms. The fourth-order valence-electron chi connectivity index (χ4n) is 3.94. The predicted molar refractivity (Wildman–Crippen MR) is 149 cm³/mol. The molecule has 1 aromatic heterocycles. The van der Waals surface area contributed by atoms with Gasteiger partial charge in [0.2, 0.25) is 23.6 Å². The van der Waals surface area contributed by atoms with Crippen LogP contribution in [-0.4, -0.2) is 76.2 Å². The number of hydrogen-bond acceptors (Lipinski definition) is 8. The van der Waals surface area contributed by atoms with Crippen molar-refractivity contribution in [1.29, 1.82) is 0 Å². The molecule has 0 aliphatic rings. The van der Waals surface area contributed by atoms with E-state index < -0.39 is 53.8 Å². The van der Waals surface area contributed by atoms with Gasteiger partial charge in [-0.1, -0.05) is 18.2 Å². The summed E-state index contributed by atoms with van der Waals surface area (Å²) in [6.07, 6.45) is 2.55. The molecule has 0 saturated carbocycles. The number of thiol groups is 1. The molecule has 1 aromatic carbocycles. The second kappa shape index (κ2) is 15.7. The highest BCUT2D eigenvalue weighted by Crippen LogP contribution is 2.19. The number of aromatic amines is 1. The number of nitrogens with one attached hydrogen (secondary N) is 4. The van der Waals surface area contributed by atoms with E-state index in [1.54, 1.807) is 6.20 Å². The maximum Gasteiger partial charge on any atom is 0.326 e. The number of primary amides is 1. The molecule has 0 aliphatic carbocycles. The Bertz CT molecular complexity index is 1160. The van der Waals surface area contributed by atoms with E-state index in [4.69, 9.17) is 17.2 Å². The Balaban J connectivity index is 2.19. The van der Waals surface area contributed by atoms with Crippen LogP contribution >= 0.6 is 12.6 Å². The number of aliphatic carboxylic acids is 1. The molecular weight excluding hydrogens is 526 g/mol. The van der Waals surface area contributed by atoms with Gasteiger partial charge in [-0.2, -0.15) is 12.6 Å². The summed E-state index contributed by atoms with van der Waals surface area (Å²) in [6.45, 7) is 0.384. The molecule has 39 heavy (non-hydrogen) atoms. The lowest BCUT2D eigenvalue weighted by molar-refractivity contribution is -0.142. The van der Waals surface area contributed by atoms with E-state index in [1.807, 2.05) is 24.3 Å². The number of aromatic nitrogens is 1. The largest absolute Gasteiger partial charge is 0.480 e. The zero-order chi connectivity index (χ0) is 28.9. The Hall–Kier alpha value is -3.62. The van der Waals surface area contributed by atoms with Crippen molar-refractivity contribution < 1.29 is 29.1 Å². The zero-order valence-corrected chi connectivity index (χ0v) is 22.4. The van der Waals surface area contributed by atoms with Crippen LogP contribution in [0.15, 0.2) is 30.5 Å². The van der Waals surface area contributed by atoms with Crippen molar-refractivity contribution in [3.63, 3.8) is 0 Å². The number of unbranched alkanes of at least 4 members (excludes halogenated alkanes) is 1. The maximum atomic E-state index is 13.2. The fraction of sp³-hybridized carbons (Fsp3) is 0.480. The molecule has 214 valence electrons. The Labute approximate surface area is 231 Å². The number of benzene rings is 1. The average Bonchev–Trinajstić information content (AvgIpc) is 3.31. The molecule has 4 atom stereocenters. The first-order valence-electron chi connectivity index (χ1n) is 12.6. The Morgan fingerprint density at radius 2 is 1.54 bits per heavy atom. The van der Waals surface area contributed by atoms with Gasteiger partial charge in [-0.25, -0.2) is 4.79 Å². The number of para-hydroxylation sites is 1. The van der Waals surface area contributed by atoms with E-state index in [9.17, 15) is 29.1 Å². The third-order valence-corrected chi connectivity index (χ3v) is 6.53. The molecule has 1 heterocycles. The van der Waals surface area contributed by atoms with Crippen molar-refractivity contribution in [1.82, 2.24) is 20.9 Å². The molecule has 13 nitrogen and oxygen atoms in total. The van der Waals surface area contributed by atoms with Gasteiger partial charge in [-0.05, 0) is 43.9 Å². The molecule has 0 bridgehead atoms. The zero-order valence-electron chi connectivity index (χ0n) is 21.5. The van der Waals surface area contributed by atoms with Crippen LogP contribution in [0.4, 0.5) is 0 Å². The van der Waals surface area contributed by atoms with Gasteiger partial charge in [0.25, 0.3) is 0 Å². The molecule has 11 N–H and O–H groups in total. The highest BCUT2D eigenvalue weighted by atomic mass is 32.1. The SMILES string of the molecule is NCCCCC(NC(=O)C(N)CS)C(=O)NC(CCC(N)=O)C(=O)NC(Cc1c[nH]c2ccccc12)C(=O)O. The summed E-state index contributed by atoms with van der Waals surface area (Å²) in [5, 5.41) is 18.1. The number of H-pyrrole nitrogens is 1. The van der Waals surface area contributed by atoms with Crippen molar-refractivity contribution >= 4 is 53.1 Å². The number of carboxylic acids is 1. The molecular formula is C25H37N7O6S. The summed E-state index contributed by atoms with van der Waals surface area (Å²) in [6, 6.07) is 2.72. The van der Waals surface area contributed by atoms with Gasteiger partial charge in [0.1, 0.15) is 18.1 Å². The second-order valence-electron chi connectivity index (χ2n) is 9.16. The molecule has 2 rings (SSSR count). The number of carboxylic acid groups (broad SMARTS) is 1. The number of carbonyl (C=O) groups excluding carboxylic acids is 4. The van der Waals surface area contributed by atoms with Gasteiger partial charge in [0.15, 0.2) is 0 Å². The lowest BCUT2D eigenvalue weighted by Crippen LogP contribution is -2.57. The number of fused-ring (bicyclic) bond motifs is 1. The maximum absolute atomic E-state index is 13.2. The summed E-state index contributed by atoms with van der Waals surface area (Å²) < 4.78 is 0. The van der Waals surface area contributed by atoms with Crippen molar-refractivity contribution in [2.45, 2.75) is 62.7 Å². The van der Waals surface area contributed by atoms with Crippen molar-refractivity contribution in [2.24, 2.45) is 17.2 Å². The van der Waals surface area contributed by atoms with Crippen molar-refractivity contribution in [2.75, 3.05) is 12.3 Å². The van der Waals surface area contributed by atoms with Gasteiger partial charge in [-0.3, -0.25) is 19.2 Å². The minimum Gasteiger partial charge on any atom is -0.480 e. The highest BCUT2D eigenvalue weighted by Gasteiger charge is 2.30.